The topological polar surface area (TPSA) is 112 Å². The van der Waals surface area contributed by atoms with Crippen molar-refractivity contribution in [1.82, 2.24) is 19.9 Å². The molecule has 1 fully saturated rings. The predicted octanol–water partition coefficient (Wildman–Crippen LogP) is 5.03. The molecule has 1 aliphatic heterocycles. The number of H-pyrrole nitrogens is 1. The lowest BCUT2D eigenvalue weighted by Crippen LogP contribution is -2.39. The number of nitrogens with zero attached hydrogens (tertiary/aromatic N) is 3. The first-order valence-electron chi connectivity index (χ1n) is 12.9. The van der Waals surface area contributed by atoms with Crippen LogP contribution in [0.2, 0.25) is 0 Å². The van der Waals surface area contributed by atoms with Crippen LogP contribution < -0.4 is 15.4 Å². The molecule has 0 saturated carbocycles. The maximum Gasteiger partial charge on any atom is 0.229 e. The zero-order chi connectivity index (χ0) is 26.5. The van der Waals surface area contributed by atoms with Crippen LogP contribution in [0.3, 0.4) is 0 Å². The molecular weight excluding hydrogens is 500 g/mol. The summed E-state index contributed by atoms with van der Waals surface area (Å²) < 4.78 is 29.4. The van der Waals surface area contributed by atoms with Crippen LogP contribution in [-0.2, 0) is 9.84 Å². The van der Waals surface area contributed by atoms with E-state index in [2.05, 4.69) is 48.7 Å². The van der Waals surface area contributed by atoms with Crippen LogP contribution in [0, 0.1) is 6.92 Å². The molecule has 1 aliphatic rings. The number of anilines is 4. The number of piperidine rings is 1. The van der Waals surface area contributed by atoms with Gasteiger partial charge < -0.3 is 25.3 Å². The summed E-state index contributed by atoms with van der Waals surface area (Å²) in [5.41, 5.74) is 4.03. The first-order chi connectivity index (χ1) is 18.3. The zero-order valence-electron chi connectivity index (χ0n) is 21.8. The van der Waals surface area contributed by atoms with Crippen LogP contribution in [0.25, 0.3) is 10.9 Å². The molecule has 38 heavy (non-hydrogen) atoms. The van der Waals surface area contributed by atoms with Crippen LogP contribution in [0.1, 0.15) is 25.0 Å². The van der Waals surface area contributed by atoms with Gasteiger partial charge in [0, 0.05) is 53.0 Å². The minimum atomic E-state index is -2.93. The number of aromatic amines is 1. The van der Waals surface area contributed by atoms with E-state index in [0.29, 0.717) is 31.2 Å². The Balaban J connectivity index is 1.11. The maximum atomic E-state index is 11.7. The molecular formula is C28H34N6O3S. The van der Waals surface area contributed by atoms with Gasteiger partial charge in [-0.15, -0.1) is 0 Å². The number of fused-ring (bicyclic) bond motifs is 1. The Hall–Kier alpha value is -3.63. The lowest BCUT2D eigenvalue weighted by Gasteiger charge is -2.30. The number of sulfone groups is 1. The number of rotatable bonds is 10. The summed E-state index contributed by atoms with van der Waals surface area (Å²) in [4.78, 5) is 14.6. The first kappa shape index (κ1) is 26.0. The molecule has 0 spiro atoms. The molecule has 0 radical (unpaired) electrons. The number of hydrogen-bond donors (Lipinski definition) is 3. The molecule has 0 amide bonds. The summed E-state index contributed by atoms with van der Waals surface area (Å²) in [6, 6.07) is 17.9. The van der Waals surface area contributed by atoms with Gasteiger partial charge in [-0.1, -0.05) is 6.07 Å². The SMILES string of the molecule is Cc1cc2cc(Nc3ccnc(Nc4cccc(OCCCN5CCC(S(C)(=O)=O)CC5)c4)n3)ccc2[nH]1. The maximum absolute atomic E-state index is 11.7. The van der Waals surface area contributed by atoms with E-state index in [4.69, 9.17) is 4.74 Å². The van der Waals surface area contributed by atoms with Gasteiger partial charge in [0.1, 0.15) is 21.4 Å². The molecule has 3 heterocycles. The van der Waals surface area contributed by atoms with Crippen molar-refractivity contribution in [3.8, 4) is 5.75 Å². The monoisotopic (exact) mass is 534 g/mol. The van der Waals surface area contributed by atoms with Crippen molar-refractivity contribution in [2.75, 3.05) is 43.1 Å². The Morgan fingerprint density at radius 2 is 1.87 bits per heavy atom. The van der Waals surface area contributed by atoms with Gasteiger partial charge in [-0.2, -0.15) is 4.98 Å². The molecule has 9 nitrogen and oxygen atoms in total. The smallest absolute Gasteiger partial charge is 0.229 e. The fourth-order valence-electron chi connectivity index (χ4n) is 4.82. The zero-order valence-corrected chi connectivity index (χ0v) is 22.6. The minimum Gasteiger partial charge on any atom is -0.493 e. The molecule has 10 heteroatoms. The van der Waals surface area contributed by atoms with Crippen molar-refractivity contribution < 1.29 is 13.2 Å². The van der Waals surface area contributed by atoms with Crippen LogP contribution in [0.5, 0.6) is 5.75 Å². The second-order valence-corrected chi connectivity index (χ2v) is 12.2. The van der Waals surface area contributed by atoms with E-state index in [1.54, 1.807) is 6.20 Å². The third-order valence-corrected chi connectivity index (χ3v) is 8.48. The Labute approximate surface area is 223 Å². The normalized spacial score (nSPS) is 15.0. The van der Waals surface area contributed by atoms with Crippen LogP contribution in [0.15, 0.2) is 60.8 Å². The largest absolute Gasteiger partial charge is 0.493 e. The van der Waals surface area contributed by atoms with Crippen LogP contribution in [0.4, 0.5) is 23.1 Å². The van der Waals surface area contributed by atoms with Crippen molar-refractivity contribution in [3.05, 3.63) is 66.5 Å². The highest BCUT2D eigenvalue weighted by atomic mass is 32.2. The van der Waals surface area contributed by atoms with Crippen LogP contribution in [-0.4, -0.2) is 66.0 Å². The third kappa shape index (κ3) is 6.81. The van der Waals surface area contributed by atoms with Crippen molar-refractivity contribution in [2.45, 2.75) is 31.4 Å². The highest BCUT2D eigenvalue weighted by Crippen LogP contribution is 2.24. The van der Waals surface area contributed by atoms with E-state index in [1.807, 2.05) is 43.3 Å². The number of hydrogen-bond acceptors (Lipinski definition) is 8. The standard InChI is InChI=1S/C28H34N6O3S/c1-20-17-21-18-23(7-8-26(21)30-20)31-27-9-12-29-28(33-27)32-22-5-3-6-24(19-22)37-16-4-13-34-14-10-25(11-15-34)38(2,35)36/h3,5-9,12,17-19,25,30H,4,10-11,13-16H2,1-2H3,(H2,29,31,32,33). The van der Waals surface area contributed by atoms with Gasteiger partial charge in [-0.25, -0.2) is 13.4 Å². The summed E-state index contributed by atoms with van der Waals surface area (Å²) in [5.74, 6) is 1.96. The van der Waals surface area contributed by atoms with E-state index >= 15 is 0 Å². The molecule has 2 aromatic heterocycles. The highest BCUT2D eigenvalue weighted by molar-refractivity contribution is 7.91. The summed E-state index contributed by atoms with van der Waals surface area (Å²) in [6.45, 7) is 5.19. The van der Waals surface area contributed by atoms with Gasteiger partial charge in [0.25, 0.3) is 0 Å². The summed E-state index contributed by atoms with van der Waals surface area (Å²) in [5, 5.41) is 7.56. The molecule has 0 unspecified atom stereocenters. The third-order valence-electron chi connectivity index (χ3n) is 6.80. The summed E-state index contributed by atoms with van der Waals surface area (Å²) >= 11 is 0. The number of aryl methyl sites for hydroxylation is 1. The highest BCUT2D eigenvalue weighted by Gasteiger charge is 2.26. The van der Waals surface area contributed by atoms with Crippen molar-refractivity contribution in [1.29, 1.82) is 0 Å². The average molecular weight is 535 g/mol. The second-order valence-electron chi connectivity index (χ2n) is 9.87. The van der Waals surface area contributed by atoms with E-state index in [-0.39, 0.29) is 5.25 Å². The lowest BCUT2D eigenvalue weighted by molar-refractivity contribution is 0.206. The van der Waals surface area contributed by atoms with Crippen molar-refractivity contribution in [2.24, 2.45) is 0 Å². The molecule has 0 bridgehead atoms. The average Bonchev–Trinajstić information content (AvgIpc) is 3.26. The molecule has 2 aromatic carbocycles. The number of ether oxygens (including phenoxy) is 1. The molecule has 3 N–H and O–H groups in total. The molecule has 0 atom stereocenters. The lowest BCUT2D eigenvalue weighted by atomic mass is 10.1. The second kappa shape index (κ2) is 11.4. The van der Waals surface area contributed by atoms with Crippen LogP contribution >= 0.6 is 0 Å². The Kier molecular flexibility index (Phi) is 7.80. The fraction of sp³-hybridized carbons (Fsp3) is 0.357. The molecule has 5 rings (SSSR count). The summed E-state index contributed by atoms with van der Waals surface area (Å²) in [7, 11) is -2.93. The van der Waals surface area contributed by atoms with Gasteiger partial charge in [0.05, 0.1) is 11.9 Å². The quantitative estimate of drug-likeness (QED) is 0.243. The molecule has 0 aliphatic carbocycles. The summed E-state index contributed by atoms with van der Waals surface area (Å²) in [6.07, 6.45) is 5.37. The number of nitrogens with one attached hydrogen (secondary N) is 3. The number of aromatic nitrogens is 3. The predicted molar refractivity (Wildman–Crippen MR) is 152 cm³/mol. The van der Waals surface area contributed by atoms with Gasteiger partial charge in [-0.05, 0) is 81.7 Å². The van der Waals surface area contributed by atoms with Gasteiger partial charge in [-0.3, -0.25) is 0 Å². The fourth-order valence-corrected chi connectivity index (χ4v) is 5.89. The Morgan fingerprint density at radius 3 is 2.68 bits per heavy atom. The van der Waals surface area contributed by atoms with E-state index in [9.17, 15) is 8.42 Å². The number of benzene rings is 2. The van der Waals surface area contributed by atoms with Gasteiger partial charge >= 0.3 is 0 Å². The molecule has 1 saturated heterocycles. The van der Waals surface area contributed by atoms with Gasteiger partial charge in [0.15, 0.2) is 0 Å². The Bertz CT molecular complexity index is 1500. The Morgan fingerprint density at radius 1 is 1.05 bits per heavy atom. The van der Waals surface area contributed by atoms with E-state index in [0.717, 1.165) is 59.8 Å². The van der Waals surface area contributed by atoms with Gasteiger partial charge in [0.2, 0.25) is 5.95 Å². The minimum absolute atomic E-state index is 0.191. The molecule has 200 valence electrons. The van der Waals surface area contributed by atoms with Crippen molar-refractivity contribution >= 4 is 43.9 Å². The molecule has 4 aromatic rings. The van der Waals surface area contributed by atoms with E-state index < -0.39 is 9.84 Å². The van der Waals surface area contributed by atoms with Crippen molar-refractivity contribution in [3.63, 3.8) is 0 Å². The first-order valence-corrected chi connectivity index (χ1v) is 14.9. The number of likely N-dealkylation sites (tertiary alicyclic amines) is 1. The van der Waals surface area contributed by atoms with E-state index in [1.165, 1.54) is 6.26 Å².